The van der Waals surface area contributed by atoms with Gasteiger partial charge in [-0.25, -0.2) is 9.79 Å². The zero-order valence-electron chi connectivity index (χ0n) is 9.29. The topological polar surface area (TPSA) is 38.7 Å². The van der Waals surface area contributed by atoms with Crippen molar-refractivity contribution in [2.24, 2.45) is 4.99 Å². The Bertz CT molecular complexity index is 293. The van der Waals surface area contributed by atoms with Crippen molar-refractivity contribution in [3.8, 4) is 0 Å². The van der Waals surface area contributed by atoms with Gasteiger partial charge in [-0.2, -0.15) is 0 Å². The second-order valence-corrected chi connectivity index (χ2v) is 3.05. The fourth-order valence-electron chi connectivity index (χ4n) is 0.812. The number of carbonyl (C=O) groups is 1. The van der Waals surface area contributed by atoms with Gasteiger partial charge in [-0.05, 0) is 26.3 Å². The van der Waals surface area contributed by atoms with Crippen LogP contribution in [0.3, 0.4) is 0 Å². The van der Waals surface area contributed by atoms with E-state index in [0.29, 0.717) is 17.3 Å². The Balaban J connectivity index is 4.47. The van der Waals surface area contributed by atoms with Crippen molar-refractivity contribution in [2.45, 2.75) is 27.2 Å². The van der Waals surface area contributed by atoms with Crippen LogP contribution in [0.4, 0.5) is 0 Å². The summed E-state index contributed by atoms with van der Waals surface area (Å²) >= 11 is 5.75. The van der Waals surface area contributed by atoms with E-state index >= 15 is 0 Å². The summed E-state index contributed by atoms with van der Waals surface area (Å²) in [4.78, 5) is 15.2. The van der Waals surface area contributed by atoms with Gasteiger partial charge in [0.2, 0.25) is 0 Å². The number of carbonyl (C=O) groups excluding carboxylic acids is 1. The molecule has 15 heavy (non-hydrogen) atoms. The summed E-state index contributed by atoms with van der Waals surface area (Å²) in [7, 11) is 0. The summed E-state index contributed by atoms with van der Waals surface area (Å²) < 4.78 is 4.83. The molecule has 0 aromatic carbocycles. The van der Waals surface area contributed by atoms with Gasteiger partial charge in [0.25, 0.3) is 0 Å². The normalized spacial score (nSPS) is 13.3. The number of rotatable bonds is 5. The number of allylic oxidation sites excluding steroid dienone is 2. The maximum atomic E-state index is 11.3. The van der Waals surface area contributed by atoms with Crippen LogP contribution in [0.1, 0.15) is 27.2 Å². The molecule has 0 saturated heterocycles. The van der Waals surface area contributed by atoms with E-state index in [1.807, 2.05) is 6.92 Å². The predicted molar refractivity (Wildman–Crippen MR) is 63.1 cm³/mol. The van der Waals surface area contributed by atoms with Crippen molar-refractivity contribution >= 4 is 23.8 Å². The van der Waals surface area contributed by atoms with E-state index < -0.39 is 0 Å². The Kier molecular flexibility index (Phi) is 7.64. The number of hydrogen-bond acceptors (Lipinski definition) is 3. The number of hydrogen-bond donors (Lipinski definition) is 0. The molecule has 0 aromatic heterocycles. The minimum Gasteiger partial charge on any atom is -0.462 e. The van der Waals surface area contributed by atoms with Crippen LogP contribution in [0.5, 0.6) is 0 Å². The smallest absolute Gasteiger partial charge is 0.339 e. The third-order valence-corrected chi connectivity index (χ3v) is 1.77. The SMILES string of the molecule is C\C=C(/C=N\C(Cl)=C\CC)C(=O)OCC. The maximum absolute atomic E-state index is 11.3. The highest BCUT2D eigenvalue weighted by molar-refractivity contribution is 6.30. The molecular formula is C11H16ClNO2. The average Bonchev–Trinajstić information content (AvgIpc) is 2.19. The lowest BCUT2D eigenvalue weighted by Crippen LogP contribution is -2.08. The number of ether oxygens (including phenoxy) is 1. The molecule has 4 heteroatoms. The van der Waals surface area contributed by atoms with E-state index in [2.05, 4.69) is 4.99 Å². The second kappa shape index (κ2) is 8.24. The molecular weight excluding hydrogens is 214 g/mol. The van der Waals surface area contributed by atoms with E-state index in [1.165, 1.54) is 6.21 Å². The molecule has 0 aliphatic heterocycles. The van der Waals surface area contributed by atoms with Gasteiger partial charge >= 0.3 is 5.97 Å². The van der Waals surface area contributed by atoms with Crippen molar-refractivity contribution in [1.29, 1.82) is 0 Å². The summed E-state index contributed by atoms with van der Waals surface area (Å²) in [5, 5.41) is 0.376. The molecule has 0 radical (unpaired) electrons. The molecule has 3 nitrogen and oxygen atoms in total. The van der Waals surface area contributed by atoms with E-state index in [9.17, 15) is 4.79 Å². The van der Waals surface area contributed by atoms with Crippen molar-refractivity contribution in [1.82, 2.24) is 0 Å². The van der Waals surface area contributed by atoms with Gasteiger partial charge in [0.05, 0.1) is 12.2 Å². The molecule has 0 amide bonds. The van der Waals surface area contributed by atoms with Gasteiger partial charge in [0.15, 0.2) is 0 Å². The molecule has 84 valence electrons. The second-order valence-electron chi connectivity index (χ2n) is 2.66. The third-order valence-electron chi connectivity index (χ3n) is 1.52. The Morgan fingerprint density at radius 1 is 1.47 bits per heavy atom. The molecule has 0 fully saturated rings. The van der Waals surface area contributed by atoms with E-state index in [4.69, 9.17) is 16.3 Å². The number of halogens is 1. The number of esters is 1. The van der Waals surface area contributed by atoms with Crippen molar-refractivity contribution in [3.05, 3.63) is 22.9 Å². The van der Waals surface area contributed by atoms with E-state index in [0.717, 1.165) is 6.42 Å². The Morgan fingerprint density at radius 3 is 2.60 bits per heavy atom. The Morgan fingerprint density at radius 2 is 2.13 bits per heavy atom. The molecule has 0 aliphatic carbocycles. The highest BCUT2D eigenvalue weighted by Gasteiger charge is 2.05. The maximum Gasteiger partial charge on any atom is 0.339 e. The third kappa shape index (κ3) is 6.07. The summed E-state index contributed by atoms with van der Waals surface area (Å²) in [5.74, 6) is -0.385. The zero-order valence-corrected chi connectivity index (χ0v) is 10.0. The van der Waals surface area contributed by atoms with Crippen molar-refractivity contribution in [2.75, 3.05) is 6.61 Å². The van der Waals surface area contributed by atoms with Crippen molar-refractivity contribution < 1.29 is 9.53 Å². The molecule has 0 spiro atoms. The lowest BCUT2D eigenvalue weighted by atomic mass is 10.3. The summed E-state index contributed by atoms with van der Waals surface area (Å²) in [6, 6.07) is 0. The molecule has 0 saturated carbocycles. The number of nitrogens with zero attached hydrogens (tertiary/aromatic N) is 1. The molecule has 0 N–H and O–H groups in total. The Hall–Kier alpha value is -1.09. The van der Waals surface area contributed by atoms with E-state index in [1.54, 1.807) is 26.0 Å². The highest BCUT2D eigenvalue weighted by atomic mass is 35.5. The van der Waals surface area contributed by atoms with Crippen molar-refractivity contribution in [3.63, 3.8) is 0 Å². The molecule has 0 aliphatic rings. The zero-order chi connectivity index (χ0) is 11.7. The number of aliphatic imine (C=N–C) groups is 1. The minimum absolute atomic E-state index is 0.350. The first-order valence-electron chi connectivity index (χ1n) is 4.88. The first-order valence-corrected chi connectivity index (χ1v) is 5.26. The molecule has 0 aromatic rings. The van der Waals surface area contributed by atoms with Crippen LogP contribution in [0, 0.1) is 0 Å². The van der Waals surface area contributed by atoms with Crippen LogP contribution in [0.15, 0.2) is 27.9 Å². The fourth-order valence-corrected chi connectivity index (χ4v) is 1.01. The highest BCUT2D eigenvalue weighted by Crippen LogP contribution is 2.05. The molecule has 0 heterocycles. The minimum atomic E-state index is -0.385. The predicted octanol–water partition coefficient (Wildman–Crippen LogP) is 3.06. The largest absolute Gasteiger partial charge is 0.462 e. The Labute approximate surface area is 95.5 Å². The van der Waals surface area contributed by atoms with Gasteiger partial charge in [0.1, 0.15) is 5.16 Å². The lowest BCUT2D eigenvalue weighted by molar-refractivity contribution is -0.137. The van der Waals surface area contributed by atoms with Crippen LogP contribution in [-0.4, -0.2) is 18.8 Å². The molecule has 0 bridgehead atoms. The van der Waals surface area contributed by atoms with E-state index in [-0.39, 0.29) is 5.97 Å². The van der Waals surface area contributed by atoms with Gasteiger partial charge < -0.3 is 4.74 Å². The molecule has 0 rings (SSSR count). The lowest BCUT2D eigenvalue weighted by Gasteiger charge is -2.00. The fraction of sp³-hybridized carbons (Fsp3) is 0.455. The quantitative estimate of drug-likeness (QED) is 0.315. The first kappa shape index (κ1) is 13.9. The monoisotopic (exact) mass is 229 g/mol. The van der Waals surface area contributed by atoms with Crippen LogP contribution >= 0.6 is 11.6 Å². The van der Waals surface area contributed by atoms with Crippen LogP contribution in [-0.2, 0) is 9.53 Å². The first-order chi connectivity index (χ1) is 7.15. The van der Waals surface area contributed by atoms with Crippen LogP contribution < -0.4 is 0 Å². The average molecular weight is 230 g/mol. The van der Waals surface area contributed by atoms with Gasteiger partial charge in [-0.15, -0.1) is 0 Å². The van der Waals surface area contributed by atoms with Gasteiger partial charge in [-0.3, -0.25) is 0 Å². The summed E-state index contributed by atoms with van der Waals surface area (Å²) in [6.45, 7) is 5.81. The van der Waals surface area contributed by atoms with Gasteiger partial charge in [-0.1, -0.05) is 24.6 Å². The standard InChI is InChI=1S/C11H16ClNO2/c1-4-7-10(12)13-8-9(5-2)11(14)15-6-3/h5,7-8H,4,6H2,1-3H3/b9-5+,10-7+,13-8-. The van der Waals surface area contributed by atoms with Crippen LogP contribution in [0.2, 0.25) is 0 Å². The molecule has 0 unspecified atom stereocenters. The van der Waals surface area contributed by atoms with Gasteiger partial charge in [0, 0.05) is 6.21 Å². The summed E-state index contributed by atoms with van der Waals surface area (Å²) in [6.07, 6.45) is 5.61. The van der Waals surface area contributed by atoms with Crippen LogP contribution in [0.25, 0.3) is 0 Å². The molecule has 0 atom stereocenters. The summed E-state index contributed by atoms with van der Waals surface area (Å²) in [5.41, 5.74) is 0.402.